The molecule has 0 fully saturated rings. The van der Waals surface area contributed by atoms with Crippen LogP contribution in [-0.4, -0.2) is 23.6 Å². The van der Waals surface area contributed by atoms with Crippen LogP contribution in [0.5, 0.6) is 0 Å². The average molecular weight is 245 g/mol. The number of aromatic amines is 1. The van der Waals surface area contributed by atoms with Gasteiger partial charge in [0.05, 0.1) is 6.33 Å². The second kappa shape index (κ2) is 5.50. The van der Waals surface area contributed by atoms with E-state index in [0.717, 1.165) is 0 Å². The summed E-state index contributed by atoms with van der Waals surface area (Å²) in [7, 11) is 1.69. The van der Waals surface area contributed by atoms with E-state index in [9.17, 15) is 18.0 Å². The summed E-state index contributed by atoms with van der Waals surface area (Å²) in [5.41, 5.74) is -2.78. The van der Waals surface area contributed by atoms with Crippen molar-refractivity contribution >= 4 is 0 Å². The third-order valence-electron chi connectivity index (χ3n) is 1.84. The Balaban J connectivity index is 3.12. The highest BCUT2D eigenvalue weighted by Crippen LogP contribution is 2.28. The molecule has 0 radical (unpaired) electrons. The summed E-state index contributed by atoms with van der Waals surface area (Å²) in [5, 5.41) is 2.79. The van der Waals surface area contributed by atoms with E-state index in [4.69, 9.17) is 0 Å². The molecule has 1 heterocycles. The molecule has 2 N–H and O–H groups in total. The normalized spacial score (nSPS) is 10.8. The van der Waals surface area contributed by atoms with Gasteiger partial charge < -0.3 is 10.3 Å². The standard InChI is InChI=1S/C10H10F3N3O/c1-14-5-3-2-4-7-8(10(11,12)13)15-6-16-9(7)17/h6,14H,3,5H2,1H3,(H,15,16,17). The van der Waals surface area contributed by atoms with Crippen LogP contribution in [0, 0.1) is 11.8 Å². The highest BCUT2D eigenvalue weighted by atomic mass is 19.4. The Hall–Kier alpha value is -1.81. The zero-order chi connectivity index (χ0) is 12.9. The van der Waals surface area contributed by atoms with Gasteiger partial charge in [0.25, 0.3) is 5.56 Å². The Morgan fingerprint density at radius 1 is 1.53 bits per heavy atom. The van der Waals surface area contributed by atoms with E-state index in [2.05, 4.69) is 27.1 Å². The van der Waals surface area contributed by atoms with Gasteiger partial charge in [0.15, 0.2) is 5.69 Å². The van der Waals surface area contributed by atoms with E-state index in [0.29, 0.717) is 19.3 Å². The molecule has 1 aromatic heterocycles. The molecule has 7 heteroatoms. The largest absolute Gasteiger partial charge is 0.434 e. The molecule has 0 aliphatic carbocycles. The first kappa shape index (κ1) is 13.3. The molecule has 0 saturated carbocycles. The van der Waals surface area contributed by atoms with Gasteiger partial charge in [0, 0.05) is 13.0 Å². The first-order valence-electron chi connectivity index (χ1n) is 4.75. The lowest BCUT2D eigenvalue weighted by Crippen LogP contribution is -2.20. The fourth-order valence-corrected chi connectivity index (χ4v) is 1.07. The zero-order valence-corrected chi connectivity index (χ0v) is 8.98. The second-order valence-electron chi connectivity index (χ2n) is 3.11. The molecule has 0 aromatic carbocycles. The third kappa shape index (κ3) is 3.60. The van der Waals surface area contributed by atoms with Crippen molar-refractivity contribution in [3.05, 3.63) is 27.9 Å². The molecule has 1 rings (SSSR count). The van der Waals surface area contributed by atoms with Crippen LogP contribution in [0.15, 0.2) is 11.1 Å². The molecule has 0 spiro atoms. The number of alkyl halides is 3. The number of halogens is 3. The Morgan fingerprint density at radius 3 is 2.82 bits per heavy atom. The monoisotopic (exact) mass is 245 g/mol. The van der Waals surface area contributed by atoms with Gasteiger partial charge in [-0.1, -0.05) is 11.8 Å². The molecule has 0 atom stereocenters. The summed E-state index contributed by atoms with van der Waals surface area (Å²) in [4.78, 5) is 16.4. The van der Waals surface area contributed by atoms with Gasteiger partial charge in [0.1, 0.15) is 5.56 Å². The molecule has 0 saturated heterocycles. The Labute approximate surface area is 95.3 Å². The maximum atomic E-state index is 12.5. The molecule has 0 unspecified atom stereocenters. The summed E-state index contributed by atoms with van der Waals surface area (Å²) in [6.45, 7) is 0.534. The lowest BCUT2D eigenvalue weighted by atomic mass is 10.2. The van der Waals surface area contributed by atoms with Crippen molar-refractivity contribution in [1.29, 1.82) is 0 Å². The van der Waals surface area contributed by atoms with Crippen LogP contribution < -0.4 is 10.9 Å². The van der Waals surface area contributed by atoms with Gasteiger partial charge in [-0.05, 0) is 7.05 Å². The molecule has 0 aliphatic heterocycles. The first-order chi connectivity index (χ1) is 7.96. The van der Waals surface area contributed by atoms with E-state index < -0.39 is 23.0 Å². The SMILES string of the molecule is CNCCC#Cc1c(C(F)(F)F)nc[nH]c1=O. The van der Waals surface area contributed by atoms with E-state index in [1.807, 2.05) is 0 Å². The molecule has 1 aromatic rings. The van der Waals surface area contributed by atoms with Gasteiger partial charge >= 0.3 is 6.18 Å². The summed E-state index contributed by atoms with van der Waals surface area (Å²) in [6.07, 6.45) is -3.62. The van der Waals surface area contributed by atoms with E-state index >= 15 is 0 Å². The van der Waals surface area contributed by atoms with Crippen molar-refractivity contribution in [2.45, 2.75) is 12.6 Å². The van der Waals surface area contributed by atoms with Gasteiger partial charge in [0.2, 0.25) is 0 Å². The average Bonchev–Trinajstić information content (AvgIpc) is 2.24. The number of rotatable bonds is 2. The van der Waals surface area contributed by atoms with Gasteiger partial charge in [-0.2, -0.15) is 13.2 Å². The van der Waals surface area contributed by atoms with E-state index in [1.165, 1.54) is 0 Å². The lowest BCUT2D eigenvalue weighted by Gasteiger charge is -2.05. The number of hydrogen-bond donors (Lipinski definition) is 2. The summed E-state index contributed by atoms with van der Waals surface area (Å²) >= 11 is 0. The zero-order valence-electron chi connectivity index (χ0n) is 8.98. The maximum Gasteiger partial charge on any atom is 0.434 e. The molecular formula is C10H10F3N3O. The highest BCUT2D eigenvalue weighted by molar-refractivity contribution is 5.37. The fourth-order valence-electron chi connectivity index (χ4n) is 1.07. The van der Waals surface area contributed by atoms with Crippen molar-refractivity contribution in [3.63, 3.8) is 0 Å². The van der Waals surface area contributed by atoms with Gasteiger partial charge in [-0.15, -0.1) is 0 Å². The summed E-state index contributed by atoms with van der Waals surface area (Å²) < 4.78 is 37.5. The smallest absolute Gasteiger partial charge is 0.319 e. The van der Waals surface area contributed by atoms with Gasteiger partial charge in [-0.3, -0.25) is 4.79 Å². The van der Waals surface area contributed by atoms with Gasteiger partial charge in [-0.25, -0.2) is 4.98 Å². The second-order valence-corrected chi connectivity index (χ2v) is 3.11. The van der Waals surface area contributed by atoms with Crippen LogP contribution in [0.2, 0.25) is 0 Å². The molecule has 92 valence electrons. The van der Waals surface area contributed by atoms with E-state index in [-0.39, 0.29) is 0 Å². The molecular weight excluding hydrogens is 235 g/mol. The Bertz CT molecular complexity index is 496. The number of nitrogens with zero attached hydrogens (tertiary/aromatic N) is 1. The summed E-state index contributed by atoms with van der Waals surface area (Å²) in [6, 6.07) is 0. The van der Waals surface area contributed by atoms with Crippen molar-refractivity contribution in [2.75, 3.05) is 13.6 Å². The van der Waals surface area contributed by atoms with Crippen molar-refractivity contribution < 1.29 is 13.2 Å². The predicted molar refractivity (Wildman–Crippen MR) is 55.3 cm³/mol. The Morgan fingerprint density at radius 2 is 2.24 bits per heavy atom. The van der Waals surface area contributed by atoms with Crippen LogP contribution in [-0.2, 0) is 6.18 Å². The molecule has 17 heavy (non-hydrogen) atoms. The summed E-state index contributed by atoms with van der Waals surface area (Å²) in [5.74, 6) is 4.69. The maximum absolute atomic E-state index is 12.5. The van der Waals surface area contributed by atoms with Crippen molar-refractivity contribution in [3.8, 4) is 11.8 Å². The quantitative estimate of drug-likeness (QED) is 0.597. The minimum absolute atomic E-state index is 0.349. The highest BCUT2D eigenvalue weighted by Gasteiger charge is 2.36. The number of nitrogens with one attached hydrogen (secondary N) is 2. The molecule has 4 nitrogen and oxygen atoms in total. The van der Waals surface area contributed by atoms with Crippen LogP contribution >= 0.6 is 0 Å². The molecule has 0 aliphatic rings. The minimum Gasteiger partial charge on any atom is -0.319 e. The fraction of sp³-hybridized carbons (Fsp3) is 0.400. The van der Waals surface area contributed by atoms with Crippen LogP contribution in [0.1, 0.15) is 17.7 Å². The molecule has 0 amide bonds. The number of aromatic nitrogens is 2. The number of hydrogen-bond acceptors (Lipinski definition) is 3. The van der Waals surface area contributed by atoms with E-state index in [1.54, 1.807) is 7.05 Å². The minimum atomic E-state index is -4.68. The Kier molecular flexibility index (Phi) is 4.29. The van der Waals surface area contributed by atoms with Crippen molar-refractivity contribution in [1.82, 2.24) is 15.3 Å². The third-order valence-corrected chi connectivity index (χ3v) is 1.84. The van der Waals surface area contributed by atoms with Crippen LogP contribution in [0.25, 0.3) is 0 Å². The lowest BCUT2D eigenvalue weighted by molar-refractivity contribution is -0.141. The topological polar surface area (TPSA) is 57.8 Å². The van der Waals surface area contributed by atoms with Crippen molar-refractivity contribution in [2.24, 2.45) is 0 Å². The first-order valence-corrected chi connectivity index (χ1v) is 4.75. The molecule has 0 bridgehead atoms. The predicted octanol–water partition coefficient (Wildman–Crippen LogP) is 0.750. The van der Waals surface area contributed by atoms with Crippen LogP contribution in [0.3, 0.4) is 0 Å². The van der Waals surface area contributed by atoms with Crippen LogP contribution in [0.4, 0.5) is 13.2 Å². The number of H-pyrrole nitrogens is 1.